The standard InChI is InChI=1S/C14H18N2O4/c15-6-5-9-3-1-2-4-11(9)13(18)16-8-10(17)7-12(16)14(19)20/h1-4,10,12,17H,5-8,15H2,(H,19,20)/t10-,12-/m0/s1. The van der Waals surface area contributed by atoms with Gasteiger partial charge in [-0.05, 0) is 24.6 Å². The van der Waals surface area contributed by atoms with Crippen LogP contribution in [0.5, 0.6) is 0 Å². The van der Waals surface area contributed by atoms with Crippen LogP contribution >= 0.6 is 0 Å². The van der Waals surface area contributed by atoms with Gasteiger partial charge in [0, 0.05) is 18.5 Å². The normalized spacial score (nSPS) is 22.0. The minimum Gasteiger partial charge on any atom is -0.480 e. The van der Waals surface area contributed by atoms with Crippen molar-refractivity contribution in [2.45, 2.75) is 25.0 Å². The minimum absolute atomic E-state index is 0.0484. The first-order chi connectivity index (χ1) is 9.54. The van der Waals surface area contributed by atoms with Crippen LogP contribution in [0.3, 0.4) is 0 Å². The highest BCUT2D eigenvalue weighted by Crippen LogP contribution is 2.22. The van der Waals surface area contributed by atoms with E-state index in [9.17, 15) is 14.7 Å². The lowest BCUT2D eigenvalue weighted by Crippen LogP contribution is -2.41. The second-order valence-electron chi connectivity index (χ2n) is 4.90. The summed E-state index contributed by atoms with van der Waals surface area (Å²) >= 11 is 0. The number of aliphatic carboxylic acids is 1. The molecule has 20 heavy (non-hydrogen) atoms. The van der Waals surface area contributed by atoms with Gasteiger partial charge in [-0.25, -0.2) is 4.79 Å². The van der Waals surface area contributed by atoms with E-state index >= 15 is 0 Å². The molecule has 4 N–H and O–H groups in total. The lowest BCUT2D eigenvalue weighted by atomic mass is 10.0. The molecule has 0 bridgehead atoms. The SMILES string of the molecule is NCCc1ccccc1C(=O)N1C[C@@H](O)C[C@H]1C(=O)O. The third-order valence-corrected chi connectivity index (χ3v) is 3.49. The molecule has 2 atom stereocenters. The first-order valence-electron chi connectivity index (χ1n) is 6.54. The highest BCUT2D eigenvalue weighted by molar-refractivity contribution is 5.98. The van der Waals surface area contributed by atoms with Crippen molar-refractivity contribution < 1.29 is 19.8 Å². The number of benzene rings is 1. The number of rotatable bonds is 4. The molecule has 1 heterocycles. The van der Waals surface area contributed by atoms with Gasteiger partial charge in [0.1, 0.15) is 6.04 Å². The number of aliphatic hydroxyl groups is 1. The van der Waals surface area contributed by atoms with Gasteiger partial charge in [0.25, 0.3) is 5.91 Å². The zero-order valence-corrected chi connectivity index (χ0v) is 11.0. The van der Waals surface area contributed by atoms with Crippen molar-refractivity contribution in [1.29, 1.82) is 0 Å². The number of β-amino-alcohol motifs (C(OH)–C–C–N with tert-alkyl or cyclic N) is 1. The number of hydrogen-bond donors (Lipinski definition) is 3. The van der Waals surface area contributed by atoms with Crippen LogP contribution < -0.4 is 5.73 Å². The van der Waals surface area contributed by atoms with E-state index in [1.54, 1.807) is 12.1 Å². The summed E-state index contributed by atoms with van der Waals surface area (Å²) in [6.07, 6.45) is -0.169. The van der Waals surface area contributed by atoms with E-state index in [1.165, 1.54) is 4.90 Å². The van der Waals surface area contributed by atoms with Gasteiger partial charge in [0.2, 0.25) is 0 Å². The Kier molecular flexibility index (Phi) is 4.36. The second kappa shape index (κ2) is 6.02. The van der Waals surface area contributed by atoms with Gasteiger partial charge >= 0.3 is 5.97 Å². The van der Waals surface area contributed by atoms with E-state index in [1.807, 2.05) is 12.1 Å². The Balaban J connectivity index is 2.29. The maximum Gasteiger partial charge on any atom is 0.326 e. The van der Waals surface area contributed by atoms with Crippen molar-refractivity contribution in [2.24, 2.45) is 5.73 Å². The summed E-state index contributed by atoms with van der Waals surface area (Å²) in [5, 5.41) is 18.8. The van der Waals surface area contributed by atoms with Crippen molar-refractivity contribution in [3.05, 3.63) is 35.4 Å². The van der Waals surface area contributed by atoms with Crippen LogP contribution in [0.2, 0.25) is 0 Å². The number of carboxylic acid groups (broad SMARTS) is 1. The Morgan fingerprint density at radius 2 is 2.05 bits per heavy atom. The van der Waals surface area contributed by atoms with E-state index in [-0.39, 0.29) is 18.9 Å². The summed E-state index contributed by atoms with van der Waals surface area (Å²) in [7, 11) is 0. The average Bonchev–Trinajstić information content (AvgIpc) is 2.81. The first-order valence-corrected chi connectivity index (χ1v) is 6.54. The Hall–Kier alpha value is -1.92. The largest absolute Gasteiger partial charge is 0.480 e. The summed E-state index contributed by atoms with van der Waals surface area (Å²) in [4.78, 5) is 24.9. The third kappa shape index (κ3) is 2.81. The van der Waals surface area contributed by atoms with Crippen LogP contribution in [0.15, 0.2) is 24.3 Å². The maximum atomic E-state index is 12.5. The monoisotopic (exact) mass is 278 g/mol. The average molecular weight is 278 g/mol. The lowest BCUT2D eigenvalue weighted by Gasteiger charge is -2.22. The zero-order valence-electron chi connectivity index (χ0n) is 11.0. The van der Waals surface area contributed by atoms with Gasteiger partial charge in [-0.15, -0.1) is 0 Å². The molecule has 6 nitrogen and oxygen atoms in total. The molecule has 1 aromatic rings. The molecule has 0 aliphatic carbocycles. The van der Waals surface area contributed by atoms with Crippen molar-refractivity contribution in [3.8, 4) is 0 Å². The second-order valence-corrected chi connectivity index (χ2v) is 4.90. The molecule has 2 rings (SSSR count). The fourth-order valence-electron chi connectivity index (χ4n) is 2.53. The van der Waals surface area contributed by atoms with Gasteiger partial charge in [-0.1, -0.05) is 18.2 Å². The summed E-state index contributed by atoms with van der Waals surface area (Å²) in [5.74, 6) is -1.45. The van der Waals surface area contributed by atoms with Crippen LogP contribution in [-0.2, 0) is 11.2 Å². The molecule has 108 valence electrons. The predicted octanol–water partition coefficient (Wildman–Crippen LogP) is -0.152. The molecule has 1 fully saturated rings. The first kappa shape index (κ1) is 14.5. The summed E-state index contributed by atoms with van der Waals surface area (Å²) in [6, 6.07) is 6.05. The Labute approximate surface area is 116 Å². The van der Waals surface area contributed by atoms with E-state index in [0.29, 0.717) is 18.5 Å². The van der Waals surface area contributed by atoms with E-state index in [2.05, 4.69) is 0 Å². The molecule has 1 saturated heterocycles. The topological polar surface area (TPSA) is 104 Å². The van der Waals surface area contributed by atoms with Gasteiger partial charge in [-0.2, -0.15) is 0 Å². The highest BCUT2D eigenvalue weighted by Gasteiger charge is 2.39. The molecule has 1 aliphatic rings. The molecule has 6 heteroatoms. The van der Waals surface area contributed by atoms with Crippen molar-refractivity contribution in [2.75, 3.05) is 13.1 Å². The molecule has 1 aromatic carbocycles. The van der Waals surface area contributed by atoms with Gasteiger partial charge in [0.05, 0.1) is 6.10 Å². The fourth-order valence-corrected chi connectivity index (χ4v) is 2.53. The van der Waals surface area contributed by atoms with Crippen LogP contribution in [0, 0.1) is 0 Å². The molecular formula is C14H18N2O4. The molecule has 1 amide bonds. The number of aliphatic hydroxyl groups excluding tert-OH is 1. The summed E-state index contributed by atoms with van der Waals surface area (Å²) < 4.78 is 0. The van der Waals surface area contributed by atoms with E-state index < -0.39 is 18.1 Å². The Morgan fingerprint density at radius 3 is 2.70 bits per heavy atom. The molecule has 0 saturated carbocycles. The molecule has 0 aromatic heterocycles. The smallest absolute Gasteiger partial charge is 0.326 e. The van der Waals surface area contributed by atoms with Crippen LogP contribution in [0.4, 0.5) is 0 Å². The number of nitrogens with two attached hydrogens (primary N) is 1. The van der Waals surface area contributed by atoms with Gasteiger partial charge < -0.3 is 20.8 Å². The van der Waals surface area contributed by atoms with E-state index in [0.717, 1.165) is 5.56 Å². The number of amides is 1. The Bertz CT molecular complexity index is 518. The zero-order chi connectivity index (χ0) is 14.7. The number of carbonyl (C=O) groups is 2. The molecule has 0 radical (unpaired) electrons. The van der Waals surface area contributed by atoms with Crippen LogP contribution in [-0.4, -0.2) is 52.2 Å². The number of carboxylic acids is 1. The molecule has 0 spiro atoms. The quantitative estimate of drug-likeness (QED) is 0.710. The number of likely N-dealkylation sites (tertiary alicyclic amines) is 1. The van der Waals surface area contributed by atoms with Gasteiger partial charge in [0.15, 0.2) is 0 Å². The molecule has 1 aliphatic heterocycles. The molecular weight excluding hydrogens is 260 g/mol. The summed E-state index contributed by atoms with van der Waals surface area (Å²) in [6.45, 7) is 0.460. The van der Waals surface area contributed by atoms with E-state index in [4.69, 9.17) is 10.8 Å². The third-order valence-electron chi connectivity index (χ3n) is 3.49. The number of carbonyl (C=O) groups excluding carboxylic acids is 1. The van der Waals surface area contributed by atoms with Crippen molar-refractivity contribution in [1.82, 2.24) is 4.90 Å². The van der Waals surface area contributed by atoms with Gasteiger partial charge in [-0.3, -0.25) is 4.79 Å². The minimum atomic E-state index is -1.09. The number of nitrogens with zero attached hydrogens (tertiary/aromatic N) is 1. The lowest BCUT2D eigenvalue weighted by molar-refractivity contribution is -0.141. The summed E-state index contributed by atoms with van der Waals surface area (Å²) in [5.41, 5.74) is 6.78. The predicted molar refractivity (Wildman–Crippen MR) is 72.3 cm³/mol. The van der Waals surface area contributed by atoms with Crippen LogP contribution in [0.1, 0.15) is 22.3 Å². The van der Waals surface area contributed by atoms with Crippen LogP contribution in [0.25, 0.3) is 0 Å². The number of hydrogen-bond acceptors (Lipinski definition) is 4. The van der Waals surface area contributed by atoms with Crippen molar-refractivity contribution in [3.63, 3.8) is 0 Å². The van der Waals surface area contributed by atoms with Crippen molar-refractivity contribution >= 4 is 11.9 Å². The maximum absolute atomic E-state index is 12.5. The molecule has 0 unspecified atom stereocenters. The highest BCUT2D eigenvalue weighted by atomic mass is 16.4. The fraction of sp³-hybridized carbons (Fsp3) is 0.429. The Morgan fingerprint density at radius 1 is 1.35 bits per heavy atom.